The SMILES string of the molecule is COc1ccccc1OCC1CN(CCO)CCO1. The quantitative estimate of drug-likeness (QED) is 0.825. The topological polar surface area (TPSA) is 51.2 Å². The van der Waals surface area contributed by atoms with Crippen LogP contribution in [0.2, 0.25) is 0 Å². The second-order valence-electron chi connectivity index (χ2n) is 4.48. The molecule has 1 saturated heterocycles. The van der Waals surface area contributed by atoms with Crippen molar-refractivity contribution < 1.29 is 19.3 Å². The van der Waals surface area contributed by atoms with Gasteiger partial charge in [-0.15, -0.1) is 0 Å². The van der Waals surface area contributed by atoms with E-state index in [1.165, 1.54) is 0 Å². The molecular formula is C14H21NO4. The van der Waals surface area contributed by atoms with E-state index in [0.717, 1.165) is 24.6 Å². The van der Waals surface area contributed by atoms with E-state index in [4.69, 9.17) is 19.3 Å². The highest BCUT2D eigenvalue weighted by Gasteiger charge is 2.20. The standard InChI is InChI=1S/C14H21NO4/c1-17-13-4-2-3-5-14(13)19-11-12-10-15(6-8-16)7-9-18-12/h2-5,12,16H,6-11H2,1H3. The predicted molar refractivity (Wildman–Crippen MR) is 71.8 cm³/mol. The summed E-state index contributed by atoms with van der Waals surface area (Å²) in [5.41, 5.74) is 0. The molecule has 1 aliphatic heterocycles. The monoisotopic (exact) mass is 267 g/mol. The van der Waals surface area contributed by atoms with Gasteiger partial charge in [0.1, 0.15) is 12.7 Å². The Labute approximate surface area is 113 Å². The molecule has 0 saturated carbocycles. The lowest BCUT2D eigenvalue weighted by molar-refractivity contribution is -0.0510. The number of morpholine rings is 1. The number of rotatable bonds is 6. The molecule has 106 valence electrons. The first kappa shape index (κ1) is 14.1. The van der Waals surface area contributed by atoms with E-state index >= 15 is 0 Å². The first-order chi connectivity index (χ1) is 9.33. The van der Waals surface area contributed by atoms with Gasteiger partial charge in [0.2, 0.25) is 0 Å². The van der Waals surface area contributed by atoms with Gasteiger partial charge in [-0.05, 0) is 12.1 Å². The van der Waals surface area contributed by atoms with Crippen LogP contribution < -0.4 is 9.47 Å². The number of hydrogen-bond donors (Lipinski definition) is 1. The lowest BCUT2D eigenvalue weighted by Crippen LogP contribution is -2.45. The molecule has 1 aliphatic rings. The van der Waals surface area contributed by atoms with Crippen molar-refractivity contribution in [3.63, 3.8) is 0 Å². The summed E-state index contributed by atoms with van der Waals surface area (Å²) in [7, 11) is 1.63. The summed E-state index contributed by atoms with van der Waals surface area (Å²) in [4.78, 5) is 2.18. The summed E-state index contributed by atoms with van der Waals surface area (Å²) in [5.74, 6) is 1.46. The molecule has 1 heterocycles. The Kier molecular flexibility index (Phi) is 5.44. The fourth-order valence-corrected chi connectivity index (χ4v) is 2.15. The molecular weight excluding hydrogens is 246 g/mol. The fourth-order valence-electron chi connectivity index (χ4n) is 2.15. The first-order valence-electron chi connectivity index (χ1n) is 6.54. The third kappa shape index (κ3) is 4.09. The Morgan fingerprint density at radius 3 is 2.89 bits per heavy atom. The van der Waals surface area contributed by atoms with Crippen LogP contribution >= 0.6 is 0 Å². The van der Waals surface area contributed by atoms with E-state index in [-0.39, 0.29) is 12.7 Å². The van der Waals surface area contributed by atoms with Crippen molar-refractivity contribution in [1.29, 1.82) is 0 Å². The van der Waals surface area contributed by atoms with Crippen LogP contribution in [-0.4, -0.2) is 62.7 Å². The number of aliphatic hydroxyl groups excluding tert-OH is 1. The Morgan fingerprint density at radius 2 is 2.16 bits per heavy atom. The maximum absolute atomic E-state index is 8.95. The number of benzene rings is 1. The number of ether oxygens (including phenoxy) is 3. The van der Waals surface area contributed by atoms with Crippen molar-refractivity contribution in [2.75, 3.05) is 46.6 Å². The number of aliphatic hydroxyl groups is 1. The Hall–Kier alpha value is -1.30. The van der Waals surface area contributed by atoms with Crippen LogP contribution in [0.3, 0.4) is 0 Å². The highest BCUT2D eigenvalue weighted by atomic mass is 16.5. The van der Waals surface area contributed by atoms with E-state index in [1.807, 2.05) is 24.3 Å². The van der Waals surface area contributed by atoms with E-state index in [0.29, 0.717) is 19.8 Å². The minimum atomic E-state index is 0.0326. The fraction of sp³-hybridized carbons (Fsp3) is 0.571. The van der Waals surface area contributed by atoms with Gasteiger partial charge in [0.05, 0.1) is 20.3 Å². The summed E-state index contributed by atoms with van der Waals surface area (Å²) in [6, 6.07) is 7.58. The molecule has 5 nitrogen and oxygen atoms in total. The minimum absolute atomic E-state index is 0.0326. The van der Waals surface area contributed by atoms with Gasteiger partial charge in [-0.2, -0.15) is 0 Å². The van der Waals surface area contributed by atoms with Crippen molar-refractivity contribution in [3.05, 3.63) is 24.3 Å². The summed E-state index contributed by atoms with van der Waals surface area (Å²) in [6.07, 6.45) is 0.0326. The molecule has 0 spiro atoms. The molecule has 1 aromatic rings. The number of hydrogen-bond acceptors (Lipinski definition) is 5. The Balaban J connectivity index is 1.84. The minimum Gasteiger partial charge on any atom is -0.493 e. The van der Waals surface area contributed by atoms with Crippen LogP contribution in [0.5, 0.6) is 11.5 Å². The summed E-state index contributed by atoms with van der Waals surface area (Å²) < 4.78 is 16.7. The Bertz CT molecular complexity index is 383. The molecule has 0 bridgehead atoms. The van der Waals surface area contributed by atoms with Gasteiger partial charge in [0, 0.05) is 19.6 Å². The van der Waals surface area contributed by atoms with Crippen molar-refractivity contribution in [2.45, 2.75) is 6.10 Å². The van der Waals surface area contributed by atoms with Crippen molar-refractivity contribution in [1.82, 2.24) is 4.90 Å². The highest BCUT2D eigenvalue weighted by molar-refractivity contribution is 5.39. The third-order valence-corrected chi connectivity index (χ3v) is 3.13. The lowest BCUT2D eigenvalue weighted by atomic mass is 10.2. The van der Waals surface area contributed by atoms with Gasteiger partial charge in [0.25, 0.3) is 0 Å². The zero-order chi connectivity index (χ0) is 13.5. The van der Waals surface area contributed by atoms with Crippen LogP contribution in [0.1, 0.15) is 0 Å². The summed E-state index contributed by atoms with van der Waals surface area (Å²) in [5, 5.41) is 8.95. The zero-order valence-corrected chi connectivity index (χ0v) is 11.2. The molecule has 1 fully saturated rings. The second kappa shape index (κ2) is 7.33. The Morgan fingerprint density at radius 1 is 1.37 bits per heavy atom. The lowest BCUT2D eigenvalue weighted by Gasteiger charge is -2.32. The van der Waals surface area contributed by atoms with E-state index < -0.39 is 0 Å². The van der Waals surface area contributed by atoms with Gasteiger partial charge < -0.3 is 19.3 Å². The zero-order valence-electron chi connectivity index (χ0n) is 11.2. The maximum atomic E-state index is 8.95. The van der Waals surface area contributed by atoms with Crippen LogP contribution in [-0.2, 0) is 4.74 Å². The van der Waals surface area contributed by atoms with Gasteiger partial charge in [-0.3, -0.25) is 4.90 Å². The molecule has 5 heteroatoms. The van der Waals surface area contributed by atoms with E-state index in [2.05, 4.69) is 4.90 Å². The summed E-state index contributed by atoms with van der Waals surface area (Å²) in [6.45, 7) is 3.69. The predicted octanol–water partition coefficient (Wildman–Crippen LogP) is 0.767. The third-order valence-electron chi connectivity index (χ3n) is 3.13. The van der Waals surface area contributed by atoms with E-state index in [9.17, 15) is 0 Å². The normalized spacial score (nSPS) is 20.2. The van der Waals surface area contributed by atoms with Crippen molar-refractivity contribution in [2.24, 2.45) is 0 Å². The van der Waals surface area contributed by atoms with Crippen LogP contribution in [0.25, 0.3) is 0 Å². The smallest absolute Gasteiger partial charge is 0.161 e. The molecule has 0 aliphatic carbocycles. The summed E-state index contributed by atoms with van der Waals surface area (Å²) >= 11 is 0. The number of nitrogens with zero attached hydrogens (tertiary/aromatic N) is 1. The largest absolute Gasteiger partial charge is 0.493 e. The molecule has 1 N–H and O–H groups in total. The molecule has 2 rings (SSSR count). The molecule has 1 aromatic carbocycles. The number of para-hydroxylation sites is 2. The first-order valence-corrected chi connectivity index (χ1v) is 6.54. The van der Waals surface area contributed by atoms with E-state index in [1.54, 1.807) is 7.11 Å². The second-order valence-corrected chi connectivity index (χ2v) is 4.48. The van der Waals surface area contributed by atoms with Gasteiger partial charge in [0.15, 0.2) is 11.5 Å². The average Bonchev–Trinajstić information content (AvgIpc) is 2.46. The molecule has 0 amide bonds. The van der Waals surface area contributed by atoms with Crippen LogP contribution in [0.15, 0.2) is 24.3 Å². The van der Waals surface area contributed by atoms with Crippen molar-refractivity contribution in [3.8, 4) is 11.5 Å². The molecule has 1 unspecified atom stereocenters. The number of methoxy groups -OCH3 is 1. The van der Waals surface area contributed by atoms with Gasteiger partial charge in [-0.1, -0.05) is 12.1 Å². The molecule has 19 heavy (non-hydrogen) atoms. The average molecular weight is 267 g/mol. The van der Waals surface area contributed by atoms with Crippen molar-refractivity contribution >= 4 is 0 Å². The maximum Gasteiger partial charge on any atom is 0.161 e. The highest BCUT2D eigenvalue weighted by Crippen LogP contribution is 2.26. The van der Waals surface area contributed by atoms with Gasteiger partial charge >= 0.3 is 0 Å². The molecule has 0 radical (unpaired) electrons. The number of β-amino-alcohol motifs (C(OH)–C–C–N with tert-alkyl or cyclic N) is 1. The van der Waals surface area contributed by atoms with Gasteiger partial charge in [-0.25, -0.2) is 0 Å². The van der Waals surface area contributed by atoms with Crippen LogP contribution in [0, 0.1) is 0 Å². The molecule has 1 atom stereocenters. The van der Waals surface area contributed by atoms with Crippen LogP contribution in [0.4, 0.5) is 0 Å². The molecule has 0 aromatic heterocycles.